The summed E-state index contributed by atoms with van der Waals surface area (Å²) in [5.74, 6) is 2.08. The Kier molecular flexibility index (Phi) is 6.21. The van der Waals surface area contributed by atoms with Crippen molar-refractivity contribution in [2.45, 2.75) is 0 Å². The lowest BCUT2D eigenvalue weighted by atomic mass is 10.2. The van der Waals surface area contributed by atoms with Crippen LogP contribution in [-0.2, 0) is 0 Å². The van der Waals surface area contributed by atoms with Crippen molar-refractivity contribution in [2.75, 3.05) is 20.3 Å². The van der Waals surface area contributed by atoms with Crippen LogP contribution in [0, 0.1) is 0 Å². The van der Waals surface area contributed by atoms with Gasteiger partial charge in [0.1, 0.15) is 31.6 Å². The van der Waals surface area contributed by atoms with Gasteiger partial charge in [-0.2, -0.15) is 5.10 Å². The molecule has 0 aliphatic heterocycles. The Hall–Kier alpha value is -2.87. The molecule has 1 heterocycles. The molecule has 0 fully saturated rings. The molecule has 0 saturated heterocycles. The van der Waals surface area contributed by atoms with Crippen LogP contribution in [0.2, 0.25) is 0 Å². The largest absolute Gasteiger partial charge is 0.493 e. The van der Waals surface area contributed by atoms with Crippen molar-refractivity contribution < 1.29 is 14.2 Å². The van der Waals surface area contributed by atoms with Crippen molar-refractivity contribution in [3.8, 4) is 17.2 Å². The fraction of sp³-hybridized carbons (Fsp3) is 0.167. The zero-order valence-corrected chi connectivity index (χ0v) is 15.7. The molecule has 8 heteroatoms. The van der Waals surface area contributed by atoms with Gasteiger partial charge in [-0.05, 0) is 30.3 Å². The molecule has 1 aromatic heterocycles. The van der Waals surface area contributed by atoms with E-state index in [1.807, 2.05) is 42.5 Å². The molecule has 2 aromatic carbocycles. The maximum Gasteiger partial charge on any atom is 0.161 e. The topological polar surface area (TPSA) is 70.8 Å². The third-order valence-corrected chi connectivity index (χ3v) is 3.87. The molecule has 0 spiro atoms. The van der Waals surface area contributed by atoms with E-state index < -0.39 is 0 Å². The highest BCUT2D eigenvalue weighted by Crippen LogP contribution is 2.26. The van der Waals surface area contributed by atoms with Gasteiger partial charge in [0.2, 0.25) is 0 Å². The number of para-hydroxylation sites is 2. The van der Waals surface area contributed by atoms with E-state index in [1.54, 1.807) is 13.3 Å². The van der Waals surface area contributed by atoms with Gasteiger partial charge in [0, 0.05) is 10.0 Å². The van der Waals surface area contributed by atoms with Gasteiger partial charge in [0.05, 0.1) is 13.3 Å². The maximum absolute atomic E-state index is 5.84. The Morgan fingerprint density at radius 1 is 1.00 bits per heavy atom. The summed E-state index contributed by atoms with van der Waals surface area (Å²) in [5, 5.41) is 11.7. The molecule has 0 bridgehead atoms. The van der Waals surface area contributed by atoms with Crippen molar-refractivity contribution in [1.82, 2.24) is 14.9 Å². The summed E-state index contributed by atoms with van der Waals surface area (Å²) in [7, 11) is 1.61. The number of hydrogen-bond donors (Lipinski definition) is 0. The lowest BCUT2D eigenvalue weighted by Crippen LogP contribution is -2.10. The zero-order chi connectivity index (χ0) is 18.2. The quantitative estimate of drug-likeness (QED) is 0.415. The van der Waals surface area contributed by atoms with Gasteiger partial charge in [-0.15, -0.1) is 10.2 Å². The Balaban J connectivity index is 1.61. The highest BCUT2D eigenvalue weighted by Gasteiger charge is 2.05. The van der Waals surface area contributed by atoms with Gasteiger partial charge in [0.15, 0.2) is 11.5 Å². The smallest absolute Gasteiger partial charge is 0.161 e. The Labute approximate surface area is 159 Å². The van der Waals surface area contributed by atoms with E-state index in [-0.39, 0.29) is 0 Å². The molecular formula is C18H17BrN4O3. The third kappa shape index (κ3) is 4.82. The van der Waals surface area contributed by atoms with Crippen molar-refractivity contribution in [3.05, 3.63) is 65.2 Å². The van der Waals surface area contributed by atoms with Gasteiger partial charge in [-0.3, -0.25) is 0 Å². The second-order valence-electron chi connectivity index (χ2n) is 5.12. The first-order valence-electron chi connectivity index (χ1n) is 7.83. The molecule has 0 amide bonds. The van der Waals surface area contributed by atoms with Crippen LogP contribution in [0.4, 0.5) is 0 Å². The summed E-state index contributed by atoms with van der Waals surface area (Å²) in [6, 6.07) is 13.2. The van der Waals surface area contributed by atoms with Crippen molar-refractivity contribution in [3.63, 3.8) is 0 Å². The summed E-state index contributed by atoms with van der Waals surface area (Å²) in [6.45, 7) is 0.769. The normalized spacial score (nSPS) is 10.8. The molecule has 134 valence electrons. The van der Waals surface area contributed by atoms with E-state index >= 15 is 0 Å². The maximum atomic E-state index is 5.84. The van der Waals surface area contributed by atoms with Crippen LogP contribution in [0.1, 0.15) is 5.56 Å². The second-order valence-corrected chi connectivity index (χ2v) is 6.03. The van der Waals surface area contributed by atoms with E-state index in [0.29, 0.717) is 30.5 Å². The molecule has 7 nitrogen and oxygen atoms in total. The third-order valence-electron chi connectivity index (χ3n) is 3.38. The van der Waals surface area contributed by atoms with E-state index in [4.69, 9.17) is 14.2 Å². The number of rotatable bonds is 8. The Morgan fingerprint density at radius 3 is 2.42 bits per heavy atom. The lowest BCUT2D eigenvalue weighted by molar-refractivity contribution is 0.211. The van der Waals surface area contributed by atoms with Gasteiger partial charge in [-0.1, -0.05) is 28.1 Å². The minimum Gasteiger partial charge on any atom is -0.493 e. The molecule has 3 aromatic rings. The van der Waals surface area contributed by atoms with E-state index in [2.05, 4.69) is 31.2 Å². The predicted octanol–water partition coefficient (Wildman–Crippen LogP) is 3.39. The average Bonchev–Trinajstić information content (AvgIpc) is 3.18. The number of hydrogen-bond acceptors (Lipinski definition) is 6. The average molecular weight is 417 g/mol. The Morgan fingerprint density at radius 2 is 1.69 bits per heavy atom. The van der Waals surface area contributed by atoms with Gasteiger partial charge in [-0.25, -0.2) is 4.68 Å². The highest BCUT2D eigenvalue weighted by molar-refractivity contribution is 9.10. The molecule has 0 aliphatic carbocycles. The lowest BCUT2D eigenvalue weighted by Gasteiger charge is -2.12. The summed E-state index contributed by atoms with van der Waals surface area (Å²) in [6.07, 6.45) is 4.71. The zero-order valence-electron chi connectivity index (χ0n) is 14.1. The van der Waals surface area contributed by atoms with Gasteiger partial charge in [0.25, 0.3) is 0 Å². The van der Waals surface area contributed by atoms with E-state index in [1.165, 1.54) is 17.3 Å². The van der Waals surface area contributed by atoms with Gasteiger partial charge >= 0.3 is 0 Å². The fourth-order valence-corrected chi connectivity index (χ4v) is 2.56. The monoisotopic (exact) mass is 416 g/mol. The molecule has 0 aliphatic rings. The van der Waals surface area contributed by atoms with Crippen molar-refractivity contribution in [2.24, 2.45) is 5.10 Å². The first-order valence-corrected chi connectivity index (χ1v) is 8.63. The minimum atomic E-state index is 0.382. The molecule has 3 rings (SSSR count). The van der Waals surface area contributed by atoms with Crippen LogP contribution >= 0.6 is 15.9 Å². The van der Waals surface area contributed by atoms with Crippen LogP contribution in [0.15, 0.2) is 64.7 Å². The molecule has 26 heavy (non-hydrogen) atoms. The molecule has 0 atom stereocenters. The number of aromatic nitrogens is 3. The van der Waals surface area contributed by atoms with Crippen LogP contribution in [0.3, 0.4) is 0 Å². The minimum absolute atomic E-state index is 0.382. The van der Waals surface area contributed by atoms with Crippen LogP contribution in [-0.4, -0.2) is 41.4 Å². The summed E-state index contributed by atoms with van der Waals surface area (Å²) in [5.41, 5.74) is 0.824. The molecule has 0 N–H and O–H groups in total. The highest BCUT2D eigenvalue weighted by atomic mass is 79.9. The number of halogens is 1. The number of nitrogens with zero attached hydrogens (tertiary/aromatic N) is 4. The summed E-state index contributed by atoms with van der Waals surface area (Å²) < 4.78 is 19.3. The van der Waals surface area contributed by atoms with Crippen molar-refractivity contribution >= 4 is 22.1 Å². The van der Waals surface area contributed by atoms with Crippen LogP contribution < -0.4 is 14.2 Å². The Bertz CT molecular complexity index is 869. The van der Waals surface area contributed by atoms with E-state index in [0.717, 1.165) is 10.0 Å². The van der Waals surface area contributed by atoms with E-state index in [9.17, 15) is 0 Å². The van der Waals surface area contributed by atoms with Crippen LogP contribution in [0.5, 0.6) is 17.2 Å². The second kappa shape index (κ2) is 9.00. The number of benzene rings is 2. The van der Waals surface area contributed by atoms with Gasteiger partial charge < -0.3 is 14.2 Å². The number of methoxy groups -OCH3 is 1. The number of ether oxygens (including phenoxy) is 3. The molecule has 0 saturated carbocycles. The standard InChI is InChI=1S/C18H17BrN4O3/c1-24-17-4-2-3-5-18(17)26-9-8-25-16-7-6-15(19)10-14(16)11-22-23-12-20-21-13-23/h2-7,10-13H,8-9H2,1H3/b22-11-. The SMILES string of the molecule is COc1ccccc1OCCOc1ccc(Br)cc1/C=N\n1cnnc1. The van der Waals surface area contributed by atoms with Crippen molar-refractivity contribution in [1.29, 1.82) is 0 Å². The molecular weight excluding hydrogens is 400 g/mol. The summed E-state index contributed by atoms with van der Waals surface area (Å²) in [4.78, 5) is 0. The first kappa shape index (κ1) is 17.9. The predicted molar refractivity (Wildman–Crippen MR) is 101 cm³/mol. The first-order chi connectivity index (χ1) is 12.8. The summed E-state index contributed by atoms with van der Waals surface area (Å²) >= 11 is 3.46. The van der Waals surface area contributed by atoms with Crippen LogP contribution in [0.25, 0.3) is 0 Å². The molecule has 0 radical (unpaired) electrons. The molecule has 0 unspecified atom stereocenters. The fourth-order valence-electron chi connectivity index (χ4n) is 2.18.